The summed E-state index contributed by atoms with van der Waals surface area (Å²) in [5.74, 6) is 0. The first-order chi connectivity index (χ1) is 9.56. The number of rotatable bonds is 4. The van der Waals surface area contributed by atoms with Gasteiger partial charge in [-0.15, -0.1) is 11.3 Å². The van der Waals surface area contributed by atoms with Crippen LogP contribution in [0, 0.1) is 0 Å². The number of anilines is 1. The average Bonchev–Trinajstić information content (AvgIpc) is 3.08. The summed E-state index contributed by atoms with van der Waals surface area (Å²) in [6.07, 6.45) is 0.953. The van der Waals surface area contributed by atoms with Crippen LogP contribution in [0.3, 0.4) is 0 Å². The van der Waals surface area contributed by atoms with Gasteiger partial charge in [-0.1, -0.05) is 12.1 Å². The molecule has 1 aliphatic heterocycles. The molecule has 106 valence electrons. The molecule has 1 atom stereocenters. The molecule has 0 bridgehead atoms. The highest BCUT2D eigenvalue weighted by Gasteiger charge is 2.21. The summed E-state index contributed by atoms with van der Waals surface area (Å²) in [5.41, 5.74) is 2.10. The molecular formula is C14H16N2O2S2. The fraction of sp³-hybridized carbons (Fsp3) is 0.286. The van der Waals surface area contributed by atoms with Crippen molar-refractivity contribution in [2.24, 2.45) is 0 Å². The zero-order chi connectivity index (χ0) is 14.2. The van der Waals surface area contributed by atoms with Gasteiger partial charge in [-0.2, -0.15) is 0 Å². The normalized spacial score (nSPS) is 15.7. The topological polar surface area (TPSA) is 58.2 Å². The Morgan fingerprint density at radius 1 is 1.35 bits per heavy atom. The van der Waals surface area contributed by atoms with E-state index in [0.717, 1.165) is 23.5 Å². The van der Waals surface area contributed by atoms with Crippen LogP contribution in [0.4, 0.5) is 5.69 Å². The summed E-state index contributed by atoms with van der Waals surface area (Å²) in [7, 11) is -3.49. The van der Waals surface area contributed by atoms with E-state index in [2.05, 4.69) is 10.0 Å². The number of sulfonamides is 1. The Labute approximate surface area is 122 Å². The molecule has 1 unspecified atom stereocenters. The molecule has 0 saturated heterocycles. The number of fused-ring (bicyclic) bond motifs is 1. The van der Waals surface area contributed by atoms with Gasteiger partial charge in [0, 0.05) is 17.1 Å². The van der Waals surface area contributed by atoms with Gasteiger partial charge in [0.2, 0.25) is 10.0 Å². The van der Waals surface area contributed by atoms with Crippen molar-refractivity contribution in [3.05, 3.63) is 46.2 Å². The number of hydrogen-bond donors (Lipinski definition) is 2. The maximum Gasteiger partial charge on any atom is 0.241 e. The molecule has 6 heteroatoms. The van der Waals surface area contributed by atoms with Gasteiger partial charge in [-0.3, -0.25) is 0 Å². The third kappa shape index (κ3) is 2.59. The number of thiophene rings is 1. The van der Waals surface area contributed by atoms with Gasteiger partial charge < -0.3 is 5.32 Å². The zero-order valence-electron chi connectivity index (χ0n) is 11.1. The maximum atomic E-state index is 12.4. The molecule has 0 amide bonds. The van der Waals surface area contributed by atoms with E-state index in [4.69, 9.17) is 0 Å². The lowest BCUT2D eigenvalue weighted by atomic mass is 10.2. The van der Waals surface area contributed by atoms with Crippen molar-refractivity contribution in [3.8, 4) is 0 Å². The van der Waals surface area contributed by atoms with Crippen LogP contribution in [-0.2, 0) is 16.4 Å². The van der Waals surface area contributed by atoms with Crippen molar-refractivity contribution in [2.75, 3.05) is 11.9 Å². The van der Waals surface area contributed by atoms with Crippen LogP contribution in [0.25, 0.3) is 0 Å². The van der Waals surface area contributed by atoms with E-state index < -0.39 is 10.0 Å². The van der Waals surface area contributed by atoms with Gasteiger partial charge in [0.25, 0.3) is 0 Å². The third-order valence-electron chi connectivity index (χ3n) is 3.40. The Morgan fingerprint density at radius 2 is 2.20 bits per heavy atom. The van der Waals surface area contributed by atoms with Crippen molar-refractivity contribution < 1.29 is 8.42 Å². The first-order valence-corrected chi connectivity index (χ1v) is 8.85. The van der Waals surface area contributed by atoms with Crippen molar-refractivity contribution in [3.63, 3.8) is 0 Å². The second-order valence-electron chi connectivity index (χ2n) is 4.85. The molecule has 0 saturated carbocycles. The van der Waals surface area contributed by atoms with Crippen LogP contribution in [-0.4, -0.2) is 15.0 Å². The SMILES string of the molecule is CC(NS(=O)(=O)c1ccc2c(c1)NCC2)c1cccs1. The molecule has 1 aromatic heterocycles. The maximum absolute atomic E-state index is 12.4. The quantitative estimate of drug-likeness (QED) is 0.913. The zero-order valence-corrected chi connectivity index (χ0v) is 12.7. The molecule has 2 aromatic rings. The van der Waals surface area contributed by atoms with Crippen LogP contribution in [0.2, 0.25) is 0 Å². The van der Waals surface area contributed by atoms with Gasteiger partial charge in [0.05, 0.1) is 10.9 Å². The molecule has 0 spiro atoms. The van der Waals surface area contributed by atoms with Gasteiger partial charge in [0.1, 0.15) is 0 Å². The van der Waals surface area contributed by atoms with E-state index in [9.17, 15) is 8.42 Å². The van der Waals surface area contributed by atoms with Crippen molar-refractivity contribution in [1.29, 1.82) is 0 Å². The van der Waals surface area contributed by atoms with Gasteiger partial charge >= 0.3 is 0 Å². The minimum atomic E-state index is -3.49. The van der Waals surface area contributed by atoms with Crippen molar-refractivity contribution in [2.45, 2.75) is 24.3 Å². The molecule has 0 radical (unpaired) electrons. The van der Waals surface area contributed by atoms with Crippen LogP contribution in [0.15, 0.2) is 40.6 Å². The van der Waals surface area contributed by atoms with E-state index >= 15 is 0 Å². The lowest BCUT2D eigenvalue weighted by molar-refractivity contribution is 0.568. The van der Waals surface area contributed by atoms with Crippen LogP contribution in [0.1, 0.15) is 23.4 Å². The first kappa shape index (κ1) is 13.6. The number of benzene rings is 1. The molecular weight excluding hydrogens is 292 g/mol. The Hall–Kier alpha value is -1.37. The summed E-state index contributed by atoms with van der Waals surface area (Å²) in [6.45, 7) is 2.73. The Morgan fingerprint density at radius 3 is 2.95 bits per heavy atom. The van der Waals surface area contributed by atoms with E-state index in [0.29, 0.717) is 4.90 Å². The summed E-state index contributed by atoms with van der Waals surface area (Å²) >= 11 is 1.55. The molecule has 20 heavy (non-hydrogen) atoms. The van der Waals surface area contributed by atoms with Crippen LogP contribution < -0.4 is 10.0 Å². The molecule has 1 aliphatic rings. The fourth-order valence-electron chi connectivity index (χ4n) is 2.33. The minimum Gasteiger partial charge on any atom is -0.384 e. The molecule has 2 N–H and O–H groups in total. The predicted octanol–water partition coefficient (Wildman–Crippen LogP) is 2.76. The molecule has 4 nitrogen and oxygen atoms in total. The number of nitrogens with one attached hydrogen (secondary N) is 2. The number of hydrogen-bond acceptors (Lipinski definition) is 4. The first-order valence-electron chi connectivity index (χ1n) is 6.49. The standard InChI is InChI=1S/C14H16N2O2S2/c1-10(14-3-2-8-19-14)16-20(17,18)12-5-4-11-6-7-15-13(11)9-12/h2-5,8-10,15-16H,6-7H2,1H3. The van der Waals surface area contributed by atoms with E-state index in [1.165, 1.54) is 5.56 Å². The molecule has 0 aliphatic carbocycles. The highest BCUT2D eigenvalue weighted by atomic mass is 32.2. The molecule has 0 fully saturated rings. The highest BCUT2D eigenvalue weighted by Crippen LogP contribution is 2.26. The minimum absolute atomic E-state index is 0.221. The van der Waals surface area contributed by atoms with E-state index in [-0.39, 0.29) is 6.04 Å². The summed E-state index contributed by atoms with van der Waals surface area (Å²) < 4.78 is 27.5. The van der Waals surface area contributed by atoms with Crippen molar-refractivity contribution >= 4 is 27.0 Å². The average molecular weight is 308 g/mol. The highest BCUT2D eigenvalue weighted by molar-refractivity contribution is 7.89. The predicted molar refractivity (Wildman–Crippen MR) is 81.7 cm³/mol. The van der Waals surface area contributed by atoms with Crippen LogP contribution in [0.5, 0.6) is 0 Å². The molecule has 2 heterocycles. The van der Waals surface area contributed by atoms with Gasteiger partial charge in [-0.05, 0) is 42.5 Å². The van der Waals surface area contributed by atoms with Gasteiger partial charge in [-0.25, -0.2) is 13.1 Å². The largest absolute Gasteiger partial charge is 0.384 e. The second kappa shape index (κ2) is 5.20. The van der Waals surface area contributed by atoms with E-state index in [1.54, 1.807) is 23.5 Å². The fourth-order valence-corrected chi connectivity index (χ4v) is 4.39. The second-order valence-corrected chi connectivity index (χ2v) is 7.55. The third-order valence-corrected chi connectivity index (χ3v) is 6.00. The lowest BCUT2D eigenvalue weighted by Gasteiger charge is -2.13. The summed E-state index contributed by atoms with van der Waals surface area (Å²) in [5, 5.41) is 5.15. The van der Waals surface area contributed by atoms with Gasteiger partial charge in [0.15, 0.2) is 0 Å². The Balaban J connectivity index is 1.85. The van der Waals surface area contributed by atoms with E-state index in [1.807, 2.05) is 30.5 Å². The molecule has 1 aromatic carbocycles. The summed E-state index contributed by atoms with van der Waals surface area (Å²) in [4.78, 5) is 1.32. The Bertz CT molecular complexity index is 709. The Kier molecular flexibility index (Phi) is 3.54. The lowest BCUT2D eigenvalue weighted by Crippen LogP contribution is -2.26. The smallest absolute Gasteiger partial charge is 0.241 e. The summed E-state index contributed by atoms with van der Waals surface area (Å²) in [6, 6.07) is 8.91. The molecule has 3 rings (SSSR count). The van der Waals surface area contributed by atoms with Crippen LogP contribution >= 0.6 is 11.3 Å². The van der Waals surface area contributed by atoms with Crippen molar-refractivity contribution in [1.82, 2.24) is 4.72 Å². The monoisotopic (exact) mass is 308 g/mol.